The van der Waals surface area contributed by atoms with Crippen molar-refractivity contribution in [2.75, 3.05) is 0 Å². The van der Waals surface area contributed by atoms with E-state index in [0.717, 1.165) is 42.7 Å². The number of aryl methyl sites for hydroxylation is 1. The SMILES string of the molecule is CCCCCC(=CC=CC(=O)N[C@H](C)CCCc1cccnc1)c1cccc(Cl)c1. The van der Waals surface area contributed by atoms with Gasteiger partial charge in [0, 0.05) is 29.5 Å². The van der Waals surface area contributed by atoms with E-state index in [2.05, 4.69) is 29.4 Å². The van der Waals surface area contributed by atoms with Crippen LogP contribution in [0.1, 0.15) is 63.5 Å². The number of rotatable bonds is 12. The Morgan fingerprint density at radius 1 is 1.20 bits per heavy atom. The number of amides is 1. The molecule has 2 aromatic rings. The predicted molar refractivity (Wildman–Crippen MR) is 127 cm³/mol. The monoisotopic (exact) mass is 424 g/mol. The number of benzene rings is 1. The minimum absolute atomic E-state index is 0.0564. The van der Waals surface area contributed by atoms with Gasteiger partial charge in [-0.3, -0.25) is 9.78 Å². The first kappa shape index (κ1) is 23.9. The van der Waals surface area contributed by atoms with Crippen LogP contribution in [0.15, 0.2) is 67.0 Å². The number of hydrogen-bond acceptors (Lipinski definition) is 2. The third kappa shape index (κ3) is 9.41. The molecule has 0 fully saturated rings. The molecule has 4 heteroatoms. The van der Waals surface area contributed by atoms with Gasteiger partial charge < -0.3 is 5.32 Å². The number of halogens is 1. The predicted octanol–water partition coefficient (Wildman–Crippen LogP) is 6.78. The normalized spacial score (nSPS) is 12.8. The average molecular weight is 425 g/mol. The third-order valence-corrected chi connectivity index (χ3v) is 5.24. The van der Waals surface area contributed by atoms with Crippen LogP contribution >= 0.6 is 11.6 Å². The lowest BCUT2D eigenvalue weighted by molar-refractivity contribution is -0.117. The molecule has 1 N–H and O–H groups in total. The van der Waals surface area contributed by atoms with Crippen LogP contribution < -0.4 is 5.32 Å². The zero-order valence-corrected chi connectivity index (χ0v) is 18.9. The maximum atomic E-state index is 12.3. The van der Waals surface area contributed by atoms with Crippen LogP contribution in [-0.2, 0) is 11.2 Å². The lowest BCUT2D eigenvalue weighted by Gasteiger charge is -2.12. The Morgan fingerprint density at radius 2 is 2.07 bits per heavy atom. The summed E-state index contributed by atoms with van der Waals surface area (Å²) in [4.78, 5) is 16.4. The highest BCUT2D eigenvalue weighted by atomic mass is 35.5. The molecule has 0 bridgehead atoms. The number of hydrogen-bond donors (Lipinski definition) is 1. The molecule has 1 aromatic carbocycles. The molecule has 1 aromatic heterocycles. The van der Waals surface area contributed by atoms with E-state index in [4.69, 9.17) is 11.6 Å². The molecule has 0 spiro atoms. The summed E-state index contributed by atoms with van der Waals surface area (Å²) in [5, 5.41) is 3.78. The molecule has 1 heterocycles. The van der Waals surface area contributed by atoms with Gasteiger partial charge in [0.05, 0.1) is 0 Å². The highest BCUT2D eigenvalue weighted by Gasteiger charge is 2.05. The Bertz CT molecular complexity index is 830. The summed E-state index contributed by atoms with van der Waals surface area (Å²) in [7, 11) is 0. The van der Waals surface area contributed by atoms with E-state index >= 15 is 0 Å². The molecule has 0 aliphatic rings. The van der Waals surface area contributed by atoms with Crippen molar-refractivity contribution in [1.82, 2.24) is 10.3 Å². The van der Waals surface area contributed by atoms with Gasteiger partial charge in [0.2, 0.25) is 5.91 Å². The number of nitrogens with zero attached hydrogens (tertiary/aromatic N) is 1. The Kier molecular flexibility index (Phi) is 11.0. The first-order chi connectivity index (χ1) is 14.6. The molecule has 0 unspecified atom stereocenters. The molecule has 1 atom stereocenters. The number of carbonyl (C=O) groups excluding carboxylic acids is 1. The first-order valence-corrected chi connectivity index (χ1v) is 11.3. The van der Waals surface area contributed by atoms with Gasteiger partial charge in [-0.05, 0) is 73.9 Å². The van der Waals surface area contributed by atoms with Gasteiger partial charge in [0.15, 0.2) is 0 Å². The molecule has 2 rings (SSSR count). The molecule has 30 heavy (non-hydrogen) atoms. The third-order valence-electron chi connectivity index (χ3n) is 5.00. The molecule has 0 radical (unpaired) electrons. The smallest absolute Gasteiger partial charge is 0.244 e. The first-order valence-electron chi connectivity index (χ1n) is 10.9. The van der Waals surface area contributed by atoms with Crippen LogP contribution in [-0.4, -0.2) is 16.9 Å². The summed E-state index contributed by atoms with van der Waals surface area (Å²) in [6, 6.07) is 12.1. The van der Waals surface area contributed by atoms with Crippen LogP contribution in [0.4, 0.5) is 0 Å². The van der Waals surface area contributed by atoms with E-state index in [9.17, 15) is 4.79 Å². The van der Waals surface area contributed by atoms with Crippen molar-refractivity contribution in [3.05, 3.63) is 83.2 Å². The average Bonchev–Trinajstić information content (AvgIpc) is 2.73. The van der Waals surface area contributed by atoms with E-state index in [1.165, 1.54) is 24.0 Å². The van der Waals surface area contributed by atoms with Gasteiger partial charge in [-0.2, -0.15) is 0 Å². The van der Waals surface area contributed by atoms with E-state index in [0.29, 0.717) is 0 Å². The molecular formula is C26H33ClN2O. The Morgan fingerprint density at radius 3 is 2.80 bits per heavy atom. The van der Waals surface area contributed by atoms with Crippen LogP contribution in [0.25, 0.3) is 5.57 Å². The summed E-state index contributed by atoms with van der Waals surface area (Å²) in [5.41, 5.74) is 3.56. The standard InChI is InChI=1S/C26H33ClN2O/c1-3-4-5-13-23(24-15-7-16-25(27)19-24)14-8-17-26(30)29-21(2)10-6-11-22-12-9-18-28-20-22/h7-9,12,14-21H,3-6,10-11,13H2,1-2H3,(H,29,30)/t21-/m1/s1. The Balaban J connectivity index is 1.85. The maximum absolute atomic E-state index is 12.3. The van der Waals surface area contributed by atoms with Crippen molar-refractivity contribution in [3.63, 3.8) is 0 Å². The number of unbranched alkanes of at least 4 members (excludes halogenated alkanes) is 2. The number of allylic oxidation sites excluding steroid dienone is 3. The maximum Gasteiger partial charge on any atom is 0.244 e. The second-order valence-corrected chi connectivity index (χ2v) is 8.12. The highest BCUT2D eigenvalue weighted by Crippen LogP contribution is 2.24. The molecule has 3 nitrogen and oxygen atoms in total. The quantitative estimate of drug-likeness (QED) is 0.231. The van der Waals surface area contributed by atoms with Crippen molar-refractivity contribution in [2.45, 2.75) is 64.8 Å². The topological polar surface area (TPSA) is 42.0 Å². The van der Waals surface area contributed by atoms with Crippen molar-refractivity contribution >= 4 is 23.1 Å². The van der Waals surface area contributed by atoms with E-state index < -0.39 is 0 Å². The molecule has 1 amide bonds. The van der Waals surface area contributed by atoms with Crippen LogP contribution in [0.5, 0.6) is 0 Å². The Hall–Kier alpha value is -2.39. The number of pyridine rings is 1. The lowest BCUT2D eigenvalue weighted by Crippen LogP contribution is -2.31. The van der Waals surface area contributed by atoms with Gasteiger partial charge in [-0.25, -0.2) is 0 Å². The van der Waals surface area contributed by atoms with Gasteiger partial charge in [0.1, 0.15) is 0 Å². The molecule has 0 aliphatic heterocycles. The van der Waals surface area contributed by atoms with E-state index in [1.54, 1.807) is 12.3 Å². The fraction of sp³-hybridized carbons (Fsp3) is 0.385. The van der Waals surface area contributed by atoms with Crippen molar-refractivity contribution in [2.24, 2.45) is 0 Å². The summed E-state index contributed by atoms with van der Waals surface area (Å²) >= 11 is 6.16. The van der Waals surface area contributed by atoms with Gasteiger partial charge in [-0.1, -0.05) is 61.7 Å². The van der Waals surface area contributed by atoms with Crippen molar-refractivity contribution in [1.29, 1.82) is 0 Å². The van der Waals surface area contributed by atoms with E-state index in [1.807, 2.05) is 49.5 Å². The molecule has 0 saturated heterocycles. The molecule has 0 aliphatic carbocycles. The molecular weight excluding hydrogens is 392 g/mol. The number of nitrogens with one attached hydrogen (secondary N) is 1. The second kappa shape index (κ2) is 13.8. The number of aromatic nitrogens is 1. The molecule has 160 valence electrons. The zero-order valence-electron chi connectivity index (χ0n) is 18.1. The summed E-state index contributed by atoms with van der Waals surface area (Å²) < 4.78 is 0. The fourth-order valence-corrected chi connectivity index (χ4v) is 3.54. The summed E-state index contributed by atoms with van der Waals surface area (Å²) in [6.45, 7) is 4.25. The van der Waals surface area contributed by atoms with Gasteiger partial charge >= 0.3 is 0 Å². The minimum Gasteiger partial charge on any atom is -0.350 e. The summed E-state index contributed by atoms with van der Waals surface area (Å²) in [6.07, 6.45) is 16.6. The van der Waals surface area contributed by atoms with Gasteiger partial charge in [-0.15, -0.1) is 0 Å². The number of carbonyl (C=O) groups is 1. The van der Waals surface area contributed by atoms with Crippen LogP contribution in [0.3, 0.4) is 0 Å². The fourth-order valence-electron chi connectivity index (χ4n) is 3.35. The Labute approximate surface area is 186 Å². The minimum atomic E-state index is -0.0564. The zero-order chi connectivity index (χ0) is 21.6. The van der Waals surface area contributed by atoms with Crippen LogP contribution in [0, 0.1) is 0 Å². The summed E-state index contributed by atoms with van der Waals surface area (Å²) in [5.74, 6) is -0.0564. The van der Waals surface area contributed by atoms with Crippen molar-refractivity contribution < 1.29 is 4.79 Å². The molecule has 0 saturated carbocycles. The largest absolute Gasteiger partial charge is 0.350 e. The highest BCUT2D eigenvalue weighted by molar-refractivity contribution is 6.30. The second-order valence-electron chi connectivity index (χ2n) is 7.68. The van der Waals surface area contributed by atoms with Gasteiger partial charge in [0.25, 0.3) is 0 Å². The van der Waals surface area contributed by atoms with E-state index in [-0.39, 0.29) is 11.9 Å². The lowest BCUT2D eigenvalue weighted by atomic mass is 9.99. The van der Waals surface area contributed by atoms with Crippen molar-refractivity contribution in [3.8, 4) is 0 Å². The van der Waals surface area contributed by atoms with Crippen LogP contribution in [0.2, 0.25) is 5.02 Å².